The van der Waals surface area contributed by atoms with Crippen LogP contribution in [0.1, 0.15) is 25.7 Å². The molecule has 0 aliphatic heterocycles. The Hall–Kier alpha value is -2.92. The number of carbonyl (C=O) groups is 1. The van der Waals surface area contributed by atoms with Crippen molar-refractivity contribution in [2.45, 2.75) is 38.3 Å². The number of amides is 2. The van der Waals surface area contributed by atoms with E-state index in [2.05, 4.69) is 26.9 Å². The zero-order valence-corrected chi connectivity index (χ0v) is 13.8. The zero-order valence-electron chi connectivity index (χ0n) is 13.8. The molecule has 2 aromatic rings. The predicted molar refractivity (Wildman–Crippen MR) is 89.4 cm³/mol. The largest absolute Gasteiger partial charge is 0.421 e. The number of nitrogens with one attached hydrogen (secondary N) is 2. The van der Waals surface area contributed by atoms with Crippen LogP contribution >= 0.6 is 0 Å². The normalized spacial score (nSPS) is 22.4. The molecule has 3 atom stereocenters. The molecule has 0 saturated heterocycles. The fraction of sp³-hybridized carbons (Fsp3) is 0.412. The molecule has 1 aliphatic rings. The molecule has 2 amide bonds. The summed E-state index contributed by atoms with van der Waals surface area (Å²) in [5, 5.41) is 32.1. The molecule has 25 heavy (non-hydrogen) atoms. The quantitative estimate of drug-likeness (QED) is 0.782. The maximum atomic E-state index is 12.0. The van der Waals surface area contributed by atoms with E-state index in [0.717, 1.165) is 5.56 Å². The van der Waals surface area contributed by atoms with Gasteiger partial charge in [-0.05, 0) is 37.1 Å². The van der Waals surface area contributed by atoms with Gasteiger partial charge in [-0.3, -0.25) is 0 Å². The first-order valence-corrected chi connectivity index (χ1v) is 8.17. The van der Waals surface area contributed by atoms with E-state index in [1.165, 1.54) is 0 Å². The van der Waals surface area contributed by atoms with Gasteiger partial charge in [0.1, 0.15) is 0 Å². The van der Waals surface area contributed by atoms with Crippen molar-refractivity contribution in [2.24, 2.45) is 5.92 Å². The van der Waals surface area contributed by atoms with Gasteiger partial charge >= 0.3 is 6.03 Å². The van der Waals surface area contributed by atoms with E-state index in [1.807, 2.05) is 6.92 Å². The minimum Gasteiger partial charge on any atom is -0.421 e. The number of anilines is 1. The summed E-state index contributed by atoms with van der Waals surface area (Å²) in [6.07, 6.45) is 0.830. The number of carbonyl (C=O) groups excluding carboxylic acids is 1. The van der Waals surface area contributed by atoms with Crippen LogP contribution in [-0.4, -0.2) is 33.5 Å². The Labute approximate surface area is 144 Å². The molecule has 0 bridgehead atoms. The summed E-state index contributed by atoms with van der Waals surface area (Å²) in [6, 6.07) is 8.31. The smallest absolute Gasteiger partial charge is 0.319 e. The molecule has 8 heteroatoms. The van der Waals surface area contributed by atoms with E-state index in [4.69, 9.17) is 9.68 Å². The minimum atomic E-state index is -0.692. The van der Waals surface area contributed by atoms with E-state index in [0.29, 0.717) is 36.7 Å². The molecule has 1 saturated carbocycles. The number of aryl methyl sites for hydroxylation is 1. The van der Waals surface area contributed by atoms with Gasteiger partial charge in [-0.15, -0.1) is 10.2 Å². The van der Waals surface area contributed by atoms with E-state index >= 15 is 0 Å². The Bertz CT molecular complexity index is 780. The number of nitriles is 1. The number of benzene rings is 1. The van der Waals surface area contributed by atoms with Gasteiger partial charge in [0, 0.05) is 17.7 Å². The van der Waals surface area contributed by atoms with Crippen LogP contribution in [0.15, 0.2) is 28.7 Å². The van der Waals surface area contributed by atoms with Crippen molar-refractivity contribution in [1.82, 2.24) is 15.5 Å². The number of hydrogen-bond acceptors (Lipinski definition) is 6. The molecule has 0 unspecified atom stereocenters. The van der Waals surface area contributed by atoms with Gasteiger partial charge in [-0.2, -0.15) is 5.26 Å². The fourth-order valence-corrected chi connectivity index (χ4v) is 2.82. The van der Waals surface area contributed by atoms with Gasteiger partial charge in [0.05, 0.1) is 24.1 Å². The highest BCUT2D eigenvalue weighted by molar-refractivity contribution is 5.89. The molecule has 3 N–H and O–H groups in total. The molecule has 0 spiro atoms. The third-order valence-corrected chi connectivity index (χ3v) is 4.19. The lowest BCUT2D eigenvalue weighted by molar-refractivity contribution is 0.150. The first-order valence-electron chi connectivity index (χ1n) is 8.17. The Balaban J connectivity index is 1.58. The third kappa shape index (κ3) is 3.95. The summed E-state index contributed by atoms with van der Waals surface area (Å²) in [5.74, 6) is 0.786. The van der Waals surface area contributed by atoms with Crippen LogP contribution in [0, 0.1) is 17.2 Å². The van der Waals surface area contributed by atoms with Crippen molar-refractivity contribution < 1.29 is 14.3 Å². The van der Waals surface area contributed by atoms with Crippen molar-refractivity contribution >= 4 is 11.7 Å². The first kappa shape index (κ1) is 16.9. The minimum absolute atomic E-state index is 0.220. The summed E-state index contributed by atoms with van der Waals surface area (Å²) in [7, 11) is 0. The van der Waals surface area contributed by atoms with Crippen molar-refractivity contribution in [3.8, 4) is 17.5 Å². The molecule has 1 aromatic carbocycles. The van der Waals surface area contributed by atoms with Crippen molar-refractivity contribution in [3.05, 3.63) is 30.2 Å². The highest BCUT2D eigenvalue weighted by Gasteiger charge is 2.33. The summed E-state index contributed by atoms with van der Waals surface area (Å²) < 4.78 is 5.48. The van der Waals surface area contributed by atoms with Crippen LogP contribution in [0.3, 0.4) is 0 Å². The average molecular weight is 341 g/mol. The van der Waals surface area contributed by atoms with E-state index in [-0.39, 0.29) is 5.92 Å². The SMILES string of the molecule is CCc1nnc(-c2ccc(NC(=O)N[C@@H]3C[C@H](C#N)C[C@H]3O)cc2)o1. The van der Waals surface area contributed by atoms with Crippen LogP contribution in [-0.2, 0) is 6.42 Å². The van der Waals surface area contributed by atoms with Crippen molar-refractivity contribution in [3.63, 3.8) is 0 Å². The summed E-state index contributed by atoms with van der Waals surface area (Å²) in [6.45, 7) is 1.93. The lowest BCUT2D eigenvalue weighted by atomic mass is 10.1. The van der Waals surface area contributed by atoms with Gasteiger partial charge in [-0.1, -0.05) is 6.92 Å². The molecule has 1 aromatic heterocycles. The number of aliphatic hydroxyl groups is 1. The molecule has 130 valence electrons. The lowest BCUT2D eigenvalue weighted by Crippen LogP contribution is -2.42. The van der Waals surface area contributed by atoms with Gasteiger partial charge in [0.15, 0.2) is 0 Å². The van der Waals surface area contributed by atoms with Gasteiger partial charge < -0.3 is 20.2 Å². The molecule has 8 nitrogen and oxygen atoms in total. The monoisotopic (exact) mass is 341 g/mol. The van der Waals surface area contributed by atoms with E-state index < -0.39 is 18.2 Å². The van der Waals surface area contributed by atoms with E-state index in [9.17, 15) is 9.90 Å². The van der Waals surface area contributed by atoms with Crippen molar-refractivity contribution in [1.29, 1.82) is 5.26 Å². The standard InChI is InChI=1S/C17H19N5O3/c1-2-15-21-22-16(25-15)11-3-5-12(6-4-11)19-17(24)20-13-7-10(9-18)8-14(13)23/h3-6,10,13-14,23H,2,7-8H2,1H3,(H2,19,20,24)/t10-,13+,14+/m0/s1. The van der Waals surface area contributed by atoms with Crippen molar-refractivity contribution in [2.75, 3.05) is 5.32 Å². The van der Waals surface area contributed by atoms with Gasteiger partial charge in [0.25, 0.3) is 0 Å². The molecular weight excluding hydrogens is 322 g/mol. The summed E-state index contributed by atoms with van der Waals surface area (Å²) in [5.41, 5.74) is 1.36. The molecule has 0 radical (unpaired) electrons. The number of aliphatic hydroxyl groups excluding tert-OH is 1. The number of nitrogens with zero attached hydrogens (tertiary/aromatic N) is 3. The van der Waals surface area contributed by atoms with Crippen LogP contribution < -0.4 is 10.6 Å². The maximum absolute atomic E-state index is 12.0. The molecule has 1 fully saturated rings. The van der Waals surface area contributed by atoms with Crippen LogP contribution in [0.2, 0.25) is 0 Å². The Morgan fingerprint density at radius 1 is 1.36 bits per heavy atom. The highest BCUT2D eigenvalue weighted by atomic mass is 16.4. The van der Waals surface area contributed by atoms with E-state index in [1.54, 1.807) is 24.3 Å². The molecule has 3 rings (SSSR count). The number of hydrogen-bond donors (Lipinski definition) is 3. The van der Waals surface area contributed by atoms with Gasteiger partial charge in [-0.25, -0.2) is 4.79 Å². The second kappa shape index (κ2) is 7.32. The number of rotatable bonds is 4. The second-order valence-electron chi connectivity index (χ2n) is 6.00. The van der Waals surface area contributed by atoms with Crippen LogP contribution in [0.4, 0.5) is 10.5 Å². The lowest BCUT2D eigenvalue weighted by Gasteiger charge is -2.16. The zero-order chi connectivity index (χ0) is 17.8. The highest BCUT2D eigenvalue weighted by Crippen LogP contribution is 2.25. The van der Waals surface area contributed by atoms with Crippen LogP contribution in [0.5, 0.6) is 0 Å². The Kier molecular flexibility index (Phi) is 4.95. The average Bonchev–Trinajstić information content (AvgIpc) is 3.22. The number of urea groups is 1. The Morgan fingerprint density at radius 2 is 2.12 bits per heavy atom. The molecule has 1 heterocycles. The van der Waals surface area contributed by atoms with Gasteiger partial charge in [0.2, 0.25) is 11.8 Å². The Morgan fingerprint density at radius 3 is 2.72 bits per heavy atom. The number of aromatic nitrogens is 2. The second-order valence-corrected chi connectivity index (χ2v) is 6.00. The maximum Gasteiger partial charge on any atom is 0.319 e. The predicted octanol–water partition coefficient (Wildman–Crippen LogP) is 2.08. The third-order valence-electron chi connectivity index (χ3n) is 4.19. The fourth-order valence-electron chi connectivity index (χ4n) is 2.82. The summed E-state index contributed by atoms with van der Waals surface area (Å²) >= 11 is 0. The first-order chi connectivity index (χ1) is 12.1. The summed E-state index contributed by atoms with van der Waals surface area (Å²) in [4.78, 5) is 12.0. The topological polar surface area (TPSA) is 124 Å². The molecule has 1 aliphatic carbocycles. The molecular formula is C17H19N5O3. The van der Waals surface area contributed by atoms with Crippen LogP contribution in [0.25, 0.3) is 11.5 Å².